The lowest BCUT2D eigenvalue weighted by Crippen LogP contribution is -2.13. The molecule has 0 radical (unpaired) electrons. The first-order valence-electron chi connectivity index (χ1n) is 11.7. The van der Waals surface area contributed by atoms with Crippen molar-refractivity contribution in [1.29, 1.82) is 0 Å². The van der Waals surface area contributed by atoms with Gasteiger partial charge in [-0.1, -0.05) is 75.9 Å². The van der Waals surface area contributed by atoms with Crippen LogP contribution in [0.2, 0.25) is 0 Å². The second-order valence-electron chi connectivity index (χ2n) is 10.1. The lowest BCUT2D eigenvalue weighted by Gasteiger charge is -2.29. The zero-order chi connectivity index (χ0) is 19.7. The molecule has 0 unspecified atom stereocenters. The van der Waals surface area contributed by atoms with Crippen molar-refractivity contribution in [2.75, 3.05) is 0 Å². The smallest absolute Gasteiger partial charge is 0.0157 e. The molecule has 150 valence electrons. The normalized spacial score (nSPS) is 28.3. The Morgan fingerprint density at radius 3 is 1.54 bits per heavy atom. The lowest BCUT2D eigenvalue weighted by molar-refractivity contribution is 0.346. The first kappa shape index (κ1) is 19.7. The summed E-state index contributed by atoms with van der Waals surface area (Å²) in [5.74, 6) is 3.40. The average Bonchev–Trinajstić information content (AvgIpc) is 2.70. The SMILES string of the molecule is Cc1cc(-c2ccc(C3CCC(C)CC3)cc2)cc(C)c1C1CCC(C)CC1. The summed E-state index contributed by atoms with van der Waals surface area (Å²) in [6.07, 6.45) is 11.1. The van der Waals surface area contributed by atoms with Crippen molar-refractivity contribution in [1.82, 2.24) is 0 Å². The molecule has 0 heteroatoms. The van der Waals surface area contributed by atoms with Crippen molar-refractivity contribution < 1.29 is 0 Å². The summed E-state index contributed by atoms with van der Waals surface area (Å²) in [7, 11) is 0. The third kappa shape index (κ3) is 4.22. The molecule has 0 atom stereocenters. The van der Waals surface area contributed by atoms with Gasteiger partial charge in [0, 0.05) is 0 Å². The quantitative estimate of drug-likeness (QED) is 0.504. The Morgan fingerprint density at radius 1 is 0.571 bits per heavy atom. The van der Waals surface area contributed by atoms with Gasteiger partial charge in [-0.3, -0.25) is 0 Å². The van der Waals surface area contributed by atoms with Crippen LogP contribution in [0.15, 0.2) is 36.4 Å². The molecule has 4 rings (SSSR count). The molecule has 0 aromatic heterocycles. The van der Waals surface area contributed by atoms with Gasteiger partial charge in [-0.25, -0.2) is 0 Å². The zero-order valence-corrected chi connectivity index (χ0v) is 18.4. The van der Waals surface area contributed by atoms with E-state index in [1.54, 1.807) is 11.1 Å². The van der Waals surface area contributed by atoms with Crippen LogP contribution in [0.4, 0.5) is 0 Å². The van der Waals surface area contributed by atoms with Gasteiger partial charge in [-0.15, -0.1) is 0 Å². The number of benzene rings is 2. The fourth-order valence-electron chi connectivity index (χ4n) is 5.88. The van der Waals surface area contributed by atoms with E-state index in [-0.39, 0.29) is 0 Å². The largest absolute Gasteiger partial charge is 0.0625 e. The average molecular weight is 375 g/mol. The molecule has 0 amide bonds. The molecule has 2 aliphatic carbocycles. The van der Waals surface area contributed by atoms with Crippen LogP contribution in [0.3, 0.4) is 0 Å². The Bertz CT molecular complexity index is 758. The van der Waals surface area contributed by atoms with Gasteiger partial charge < -0.3 is 0 Å². The maximum Gasteiger partial charge on any atom is -0.0157 e. The third-order valence-electron chi connectivity index (χ3n) is 7.75. The summed E-state index contributed by atoms with van der Waals surface area (Å²) in [6, 6.07) is 14.4. The number of hydrogen-bond acceptors (Lipinski definition) is 0. The van der Waals surface area contributed by atoms with E-state index in [9.17, 15) is 0 Å². The fourth-order valence-corrected chi connectivity index (χ4v) is 5.88. The number of hydrogen-bond donors (Lipinski definition) is 0. The van der Waals surface area contributed by atoms with Crippen LogP contribution in [0.5, 0.6) is 0 Å². The molecule has 0 bridgehead atoms. The summed E-state index contributed by atoms with van der Waals surface area (Å²) >= 11 is 0. The van der Waals surface area contributed by atoms with E-state index in [0.717, 1.165) is 23.7 Å². The standard InChI is InChI=1S/C28H38/c1-19-5-9-23(10-6-19)24-13-15-25(16-14-24)27-17-21(3)28(22(4)18-27)26-11-7-20(2)8-12-26/h13-20,23,26H,5-12H2,1-4H3. The van der Waals surface area contributed by atoms with E-state index in [4.69, 9.17) is 0 Å². The first-order valence-corrected chi connectivity index (χ1v) is 11.7. The van der Waals surface area contributed by atoms with Crippen LogP contribution >= 0.6 is 0 Å². The van der Waals surface area contributed by atoms with Gasteiger partial charge in [0.25, 0.3) is 0 Å². The minimum atomic E-state index is 0.779. The molecule has 0 saturated heterocycles. The number of aryl methyl sites for hydroxylation is 2. The fraction of sp³-hybridized carbons (Fsp3) is 0.571. The molecule has 2 aromatic carbocycles. The van der Waals surface area contributed by atoms with Crippen LogP contribution in [-0.4, -0.2) is 0 Å². The van der Waals surface area contributed by atoms with Gasteiger partial charge in [0.1, 0.15) is 0 Å². The number of rotatable bonds is 3. The molecule has 0 heterocycles. The van der Waals surface area contributed by atoms with Crippen LogP contribution in [-0.2, 0) is 0 Å². The van der Waals surface area contributed by atoms with Crippen LogP contribution < -0.4 is 0 Å². The maximum absolute atomic E-state index is 2.44. The van der Waals surface area contributed by atoms with Crippen molar-refractivity contribution in [3.63, 3.8) is 0 Å². The van der Waals surface area contributed by atoms with E-state index in [1.165, 1.54) is 73.6 Å². The van der Waals surface area contributed by atoms with Crippen molar-refractivity contribution in [2.24, 2.45) is 11.8 Å². The van der Waals surface area contributed by atoms with E-state index < -0.39 is 0 Å². The molecule has 0 N–H and O–H groups in total. The first-order chi connectivity index (χ1) is 13.5. The highest BCUT2D eigenvalue weighted by molar-refractivity contribution is 5.67. The summed E-state index contributed by atoms with van der Waals surface area (Å²) in [4.78, 5) is 0. The molecule has 28 heavy (non-hydrogen) atoms. The molecule has 2 aliphatic rings. The van der Waals surface area contributed by atoms with Crippen molar-refractivity contribution in [3.8, 4) is 11.1 Å². The second-order valence-corrected chi connectivity index (χ2v) is 10.1. The summed E-state index contributed by atoms with van der Waals surface area (Å²) in [6.45, 7) is 9.49. The minimum Gasteiger partial charge on any atom is -0.0625 e. The Hall–Kier alpha value is -1.56. The topological polar surface area (TPSA) is 0 Å². The Balaban J connectivity index is 1.53. The van der Waals surface area contributed by atoms with Gasteiger partial charge in [0.2, 0.25) is 0 Å². The van der Waals surface area contributed by atoms with Crippen LogP contribution in [0.25, 0.3) is 11.1 Å². The molecule has 0 aliphatic heterocycles. The van der Waals surface area contributed by atoms with Gasteiger partial charge >= 0.3 is 0 Å². The predicted molar refractivity (Wildman–Crippen MR) is 122 cm³/mol. The van der Waals surface area contributed by atoms with Crippen LogP contribution in [0, 0.1) is 25.7 Å². The van der Waals surface area contributed by atoms with Gasteiger partial charge in [-0.05, 0) is 96.6 Å². The molecule has 2 saturated carbocycles. The lowest BCUT2D eigenvalue weighted by atomic mass is 9.76. The Morgan fingerprint density at radius 2 is 1.04 bits per heavy atom. The molecular weight excluding hydrogens is 336 g/mol. The Kier molecular flexibility index (Phi) is 5.95. The molecule has 0 spiro atoms. The van der Waals surface area contributed by atoms with E-state index >= 15 is 0 Å². The van der Waals surface area contributed by atoms with Crippen LogP contribution in [0.1, 0.15) is 99.3 Å². The summed E-state index contributed by atoms with van der Waals surface area (Å²) in [5, 5.41) is 0. The van der Waals surface area contributed by atoms with Crippen molar-refractivity contribution in [2.45, 2.75) is 90.9 Å². The zero-order valence-electron chi connectivity index (χ0n) is 18.4. The Labute approximate surface area is 172 Å². The van der Waals surface area contributed by atoms with Crippen molar-refractivity contribution in [3.05, 3.63) is 58.7 Å². The molecule has 2 fully saturated rings. The monoisotopic (exact) mass is 374 g/mol. The highest BCUT2D eigenvalue weighted by atomic mass is 14.3. The molecule has 0 nitrogen and oxygen atoms in total. The highest BCUT2D eigenvalue weighted by Gasteiger charge is 2.23. The van der Waals surface area contributed by atoms with Gasteiger partial charge in [0.15, 0.2) is 0 Å². The van der Waals surface area contributed by atoms with Crippen molar-refractivity contribution >= 4 is 0 Å². The summed E-state index contributed by atoms with van der Waals surface area (Å²) < 4.78 is 0. The minimum absolute atomic E-state index is 0.779. The van der Waals surface area contributed by atoms with E-state index in [1.807, 2.05) is 0 Å². The van der Waals surface area contributed by atoms with Gasteiger partial charge in [0.05, 0.1) is 0 Å². The highest BCUT2D eigenvalue weighted by Crippen LogP contribution is 2.40. The van der Waals surface area contributed by atoms with Gasteiger partial charge in [-0.2, -0.15) is 0 Å². The molecule has 2 aromatic rings. The summed E-state index contributed by atoms with van der Waals surface area (Å²) in [5.41, 5.74) is 8.97. The second kappa shape index (κ2) is 8.44. The molecular formula is C28H38. The third-order valence-corrected chi connectivity index (χ3v) is 7.75. The predicted octanol–water partition coefficient (Wildman–Crippen LogP) is 8.56. The van der Waals surface area contributed by atoms with E-state index in [0.29, 0.717) is 0 Å². The maximum atomic E-state index is 2.44. The van der Waals surface area contributed by atoms with E-state index in [2.05, 4.69) is 64.1 Å².